The van der Waals surface area contributed by atoms with E-state index in [4.69, 9.17) is 29.0 Å². The molecule has 0 radical (unpaired) electrons. The fourth-order valence-corrected chi connectivity index (χ4v) is 15.4. The Morgan fingerprint density at radius 1 is 0.679 bits per heavy atom. The number of aliphatic hydroxyl groups is 1. The summed E-state index contributed by atoms with van der Waals surface area (Å²) in [7, 11) is -3.65. The van der Waals surface area contributed by atoms with Gasteiger partial charge in [0.25, 0.3) is 0 Å². The van der Waals surface area contributed by atoms with E-state index in [9.17, 15) is 13.5 Å². The minimum atomic E-state index is -3.65. The predicted octanol–water partition coefficient (Wildman–Crippen LogP) is 7.77. The maximum Gasteiger partial charge on any atom is 0.178 e. The minimum Gasteiger partial charge on any atom is -0.392 e. The first-order valence-corrected chi connectivity index (χ1v) is 22.8. The second-order valence-electron chi connectivity index (χ2n) is 19.9. The lowest BCUT2D eigenvalue weighted by Crippen LogP contribution is -2.69. The van der Waals surface area contributed by atoms with Crippen LogP contribution in [0, 0.1) is 53.3 Å². The van der Waals surface area contributed by atoms with E-state index in [1.165, 1.54) is 12.8 Å². The molecule has 4 saturated carbocycles. The SMILES string of the molecule is C[C@H]1[C@@H](CC(C[C@H]2O[C@@H]3C[C@@]4(C)CC[C@H]5[C@H](C)CC[C@@H]([C@H]2C)[C@@]35OO4)CS(=O)(=O)c2ccc(CO)cc2)O[C@@H]2C[C@@]3(C)CC[C@H]4[C@H](C)CC[C@@H]1[C@@]24OO3. The Balaban J connectivity index is 1.03. The van der Waals surface area contributed by atoms with Crippen LogP contribution in [0.5, 0.6) is 0 Å². The van der Waals surface area contributed by atoms with Gasteiger partial charge in [-0.15, -0.1) is 0 Å². The monoisotopic (exact) mass is 756 g/mol. The van der Waals surface area contributed by atoms with Crippen molar-refractivity contribution < 1.29 is 42.5 Å². The average molecular weight is 757 g/mol. The number of fused-ring (bicyclic) bond motifs is 4. The predicted molar refractivity (Wildman–Crippen MR) is 198 cm³/mol. The van der Waals surface area contributed by atoms with Gasteiger partial charge in [0.15, 0.2) is 9.84 Å². The molecule has 53 heavy (non-hydrogen) atoms. The average Bonchev–Trinajstić information content (AvgIpc) is 3.50. The van der Waals surface area contributed by atoms with Crippen LogP contribution in [0.2, 0.25) is 0 Å². The molecule has 1 aromatic rings. The molecule has 6 aliphatic heterocycles. The smallest absolute Gasteiger partial charge is 0.178 e. The molecule has 0 unspecified atom stereocenters. The fourth-order valence-electron chi connectivity index (χ4n) is 13.7. The third kappa shape index (κ3) is 5.88. The highest BCUT2D eigenvalue weighted by Gasteiger charge is 2.70. The van der Waals surface area contributed by atoms with Crippen LogP contribution in [0.25, 0.3) is 0 Å². The number of sulfone groups is 1. The zero-order valence-corrected chi connectivity index (χ0v) is 33.7. The van der Waals surface area contributed by atoms with Crippen molar-refractivity contribution in [3.63, 3.8) is 0 Å². The van der Waals surface area contributed by atoms with Gasteiger partial charge in [0.2, 0.25) is 0 Å². The summed E-state index contributed by atoms with van der Waals surface area (Å²) in [5.41, 5.74) is -0.930. The summed E-state index contributed by atoms with van der Waals surface area (Å²) in [5, 5.41) is 9.64. The van der Waals surface area contributed by atoms with E-state index >= 15 is 0 Å². The minimum absolute atomic E-state index is 0.0273. The molecule has 4 aliphatic carbocycles. The molecule has 4 bridgehead atoms. The summed E-state index contributed by atoms with van der Waals surface area (Å²) in [6, 6.07) is 6.73. The molecular weight excluding hydrogens is 693 g/mol. The summed E-state index contributed by atoms with van der Waals surface area (Å²) in [5.74, 6) is 2.71. The zero-order chi connectivity index (χ0) is 37.1. The first-order valence-electron chi connectivity index (χ1n) is 21.2. The number of hydrogen-bond acceptors (Lipinski definition) is 9. The molecule has 0 amide bonds. The molecule has 1 N–H and O–H groups in total. The van der Waals surface area contributed by atoms with Gasteiger partial charge in [-0.05, 0) is 149 Å². The third-order valence-electron chi connectivity index (χ3n) is 16.7. The van der Waals surface area contributed by atoms with Gasteiger partial charge < -0.3 is 14.6 Å². The lowest BCUT2D eigenvalue weighted by Gasteiger charge is -2.62. The highest BCUT2D eigenvalue weighted by molar-refractivity contribution is 7.91. The van der Waals surface area contributed by atoms with Gasteiger partial charge in [0.1, 0.15) is 22.4 Å². The van der Waals surface area contributed by atoms with Crippen molar-refractivity contribution in [3.8, 4) is 0 Å². The summed E-state index contributed by atoms with van der Waals surface area (Å²) in [6.45, 7) is 13.6. The number of benzene rings is 1. The van der Waals surface area contributed by atoms with E-state index in [1.54, 1.807) is 24.3 Å². The molecule has 11 rings (SSSR count). The van der Waals surface area contributed by atoms with Crippen LogP contribution in [-0.4, -0.2) is 66.1 Å². The second-order valence-corrected chi connectivity index (χ2v) is 22.0. The molecule has 16 atom stereocenters. The van der Waals surface area contributed by atoms with Crippen molar-refractivity contribution in [1.82, 2.24) is 0 Å². The molecule has 1 aromatic carbocycles. The van der Waals surface area contributed by atoms with Crippen LogP contribution in [0.15, 0.2) is 29.2 Å². The fraction of sp³-hybridized carbons (Fsp3) is 0.860. The Morgan fingerprint density at radius 2 is 1.15 bits per heavy atom. The van der Waals surface area contributed by atoms with Crippen LogP contribution < -0.4 is 0 Å². The van der Waals surface area contributed by atoms with Gasteiger partial charge in [-0.2, -0.15) is 0 Å². The van der Waals surface area contributed by atoms with Gasteiger partial charge in [0, 0.05) is 12.8 Å². The molecule has 2 spiro atoms. The van der Waals surface area contributed by atoms with E-state index in [1.807, 2.05) is 0 Å². The van der Waals surface area contributed by atoms with Gasteiger partial charge in [-0.25, -0.2) is 28.0 Å². The topological polar surface area (TPSA) is 110 Å². The normalized spacial score (nSPS) is 50.8. The Hall–Kier alpha value is -1.11. The quantitative estimate of drug-likeness (QED) is 0.266. The van der Waals surface area contributed by atoms with Gasteiger partial charge >= 0.3 is 0 Å². The van der Waals surface area contributed by atoms with Crippen LogP contribution in [0.3, 0.4) is 0 Å². The van der Waals surface area contributed by atoms with Crippen molar-refractivity contribution in [2.24, 2.45) is 53.3 Å². The maximum atomic E-state index is 14.3. The van der Waals surface area contributed by atoms with Gasteiger partial charge in [-0.1, -0.05) is 39.8 Å². The molecule has 10 heteroatoms. The van der Waals surface area contributed by atoms with Crippen molar-refractivity contribution >= 4 is 9.84 Å². The third-order valence-corrected chi connectivity index (χ3v) is 18.6. The Kier molecular flexibility index (Phi) is 9.34. The van der Waals surface area contributed by atoms with Crippen molar-refractivity contribution in [1.29, 1.82) is 0 Å². The largest absolute Gasteiger partial charge is 0.392 e. The Bertz CT molecular complexity index is 1560. The second kappa shape index (κ2) is 13.2. The van der Waals surface area contributed by atoms with E-state index < -0.39 is 21.0 Å². The highest BCUT2D eigenvalue weighted by Crippen LogP contribution is 2.64. The molecule has 0 aromatic heterocycles. The molecule has 6 saturated heterocycles. The molecular formula is C43H64O9S. The first kappa shape index (κ1) is 37.5. The van der Waals surface area contributed by atoms with E-state index in [0.717, 1.165) is 51.4 Å². The van der Waals surface area contributed by atoms with Crippen molar-refractivity contribution in [2.75, 3.05) is 5.75 Å². The Morgan fingerprint density at radius 3 is 1.60 bits per heavy atom. The summed E-state index contributed by atoms with van der Waals surface area (Å²) >= 11 is 0. The van der Waals surface area contributed by atoms with Crippen molar-refractivity contribution in [2.45, 2.75) is 177 Å². The van der Waals surface area contributed by atoms with Crippen LogP contribution in [0.1, 0.15) is 124 Å². The number of aliphatic hydroxyl groups excluding tert-OH is 1. The summed E-state index contributed by atoms with van der Waals surface area (Å²) in [6.07, 6.45) is 11.2. The van der Waals surface area contributed by atoms with E-state index in [-0.39, 0.29) is 65.7 Å². The lowest BCUT2D eigenvalue weighted by molar-refractivity contribution is -0.488. The standard InChI is InChI=1S/C43H64O9S/c1-25-7-13-34-27(3)36(47-38-21-40(5)17-15-32(25)42(34,38)51-49-40)19-30(24-53(45,46)31-11-9-29(23-44)10-12-31)20-37-28(4)35-14-8-26(2)33-16-18-41(6)22-39(48-37)43(33,35)52-50-41/h9-12,25-28,30,32-39,44H,7-8,13-24H2,1-6H3/t25-,26-,27-,28-,32+,33+,34+,35+,36-,37-,38-,39-,40-,41-,42-,43-/m1/s1. The molecule has 6 heterocycles. The summed E-state index contributed by atoms with van der Waals surface area (Å²) in [4.78, 5) is 26.0. The molecule has 296 valence electrons. The number of rotatable bonds is 8. The number of hydrogen-bond donors (Lipinski definition) is 1. The number of ether oxygens (including phenoxy) is 2. The van der Waals surface area contributed by atoms with Gasteiger partial charge in [0.05, 0.1) is 41.7 Å². The summed E-state index contributed by atoms with van der Waals surface area (Å²) < 4.78 is 43.2. The lowest BCUT2D eigenvalue weighted by atomic mass is 9.55. The van der Waals surface area contributed by atoms with Crippen LogP contribution in [-0.2, 0) is 45.5 Å². The maximum absolute atomic E-state index is 14.3. The van der Waals surface area contributed by atoms with E-state index in [2.05, 4.69) is 41.5 Å². The van der Waals surface area contributed by atoms with Gasteiger partial charge in [-0.3, -0.25) is 0 Å². The van der Waals surface area contributed by atoms with E-state index in [0.29, 0.717) is 58.8 Å². The highest BCUT2D eigenvalue weighted by atomic mass is 32.2. The zero-order valence-electron chi connectivity index (χ0n) is 32.8. The van der Waals surface area contributed by atoms with Crippen LogP contribution in [0.4, 0.5) is 0 Å². The Labute approximate surface area is 317 Å². The molecule has 10 fully saturated rings. The molecule has 9 nitrogen and oxygen atoms in total. The van der Waals surface area contributed by atoms with Crippen molar-refractivity contribution in [3.05, 3.63) is 29.8 Å². The van der Waals surface area contributed by atoms with Crippen LogP contribution >= 0.6 is 0 Å². The molecule has 10 aliphatic rings. The first-order chi connectivity index (χ1) is 25.2.